The number of carbonyl (C=O) groups excluding carboxylic acids is 1. The fourth-order valence-corrected chi connectivity index (χ4v) is 2.51. The molecule has 0 spiro atoms. The molecular formula is C22H38N2O6. The highest BCUT2D eigenvalue weighted by Crippen LogP contribution is 2.04. The molecule has 1 aromatic carbocycles. The van der Waals surface area contributed by atoms with Gasteiger partial charge in [-0.15, -0.1) is 0 Å². The van der Waals surface area contributed by atoms with E-state index in [0.717, 1.165) is 12.8 Å². The zero-order chi connectivity index (χ0) is 21.5. The SMILES string of the molecule is NCCOCCOCCOCCOCCOCCNC(=O)CCCc1ccccc1. The summed E-state index contributed by atoms with van der Waals surface area (Å²) in [5.41, 5.74) is 6.57. The first-order chi connectivity index (χ1) is 14.8. The van der Waals surface area contributed by atoms with E-state index in [1.54, 1.807) is 0 Å². The lowest BCUT2D eigenvalue weighted by molar-refractivity contribution is -0.121. The van der Waals surface area contributed by atoms with Gasteiger partial charge in [0.2, 0.25) is 5.91 Å². The van der Waals surface area contributed by atoms with Gasteiger partial charge in [0.05, 0.1) is 66.1 Å². The largest absolute Gasteiger partial charge is 0.378 e. The second-order valence-corrected chi connectivity index (χ2v) is 6.54. The van der Waals surface area contributed by atoms with Gasteiger partial charge in [0.25, 0.3) is 0 Å². The number of amides is 1. The molecule has 0 atom stereocenters. The third-order valence-corrected chi connectivity index (χ3v) is 4.03. The fraction of sp³-hybridized carbons (Fsp3) is 0.682. The van der Waals surface area contributed by atoms with Crippen molar-refractivity contribution in [2.24, 2.45) is 5.73 Å². The number of nitrogens with one attached hydrogen (secondary N) is 1. The van der Waals surface area contributed by atoms with Crippen LogP contribution in [-0.2, 0) is 34.9 Å². The third-order valence-electron chi connectivity index (χ3n) is 4.03. The summed E-state index contributed by atoms with van der Waals surface area (Å²) in [6, 6.07) is 10.2. The Hall–Kier alpha value is -1.55. The molecule has 30 heavy (non-hydrogen) atoms. The smallest absolute Gasteiger partial charge is 0.220 e. The van der Waals surface area contributed by atoms with Gasteiger partial charge < -0.3 is 34.7 Å². The predicted octanol–water partition coefficient (Wildman–Crippen LogP) is 1.17. The van der Waals surface area contributed by atoms with E-state index in [1.165, 1.54) is 5.56 Å². The maximum absolute atomic E-state index is 11.8. The molecule has 0 fully saturated rings. The van der Waals surface area contributed by atoms with Gasteiger partial charge in [-0.1, -0.05) is 30.3 Å². The number of hydrogen-bond acceptors (Lipinski definition) is 7. The summed E-state index contributed by atoms with van der Waals surface area (Å²) < 4.78 is 26.8. The predicted molar refractivity (Wildman–Crippen MR) is 116 cm³/mol. The van der Waals surface area contributed by atoms with E-state index >= 15 is 0 Å². The Morgan fingerprint density at radius 3 is 1.77 bits per heavy atom. The molecule has 0 heterocycles. The van der Waals surface area contributed by atoms with Crippen molar-refractivity contribution in [3.05, 3.63) is 35.9 Å². The molecule has 8 heteroatoms. The molecule has 0 aliphatic carbocycles. The Labute approximate surface area is 180 Å². The highest BCUT2D eigenvalue weighted by atomic mass is 16.6. The molecule has 3 N–H and O–H groups in total. The highest BCUT2D eigenvalue weighted by Gasteiger charge is 2.01. The van der Waals surface area contributed by atoms with Crippen molar-refractivity contribution in [3.8, 4) is 0 Å². The molecule has 0 bridgehead atoms. The molecule has 0 saturated carbocycles. The molecule has 0 aromatic heterocycles. The molecule has 0 aliphatic rings. The maximum atomic E-state index is 11.8. The summed E-state index contributed by atoms with van der Waals surface area (Å²) in [5.74, 6) is 0.0648. The monoisotopic (exact) mass is 426 g/mol. The van der Waals surface area contributed by atoms with Gasteiger partial charge in [-0.25, -0.2) is 0 Å². The molecule has 1 rings (SSSR count). The van der Waals surface area contributed by atoms with E-state index in [-0.39, 0.29) is 5.91 Å². The quantitative estimate of drug-likeness (QED) is 0.285. The number of ether oxygens (including phenoxy) is 5. The van der Waals surface area contributed by atoms with Gasteiger partial charge in [-0.2, -0.15) is 0 Å². The van der Waals surface area contributed by atoms with E-state index < -0.39 is 0 Å². The Balaban J connectivity index is 1.73. The van der Waals surface area contributed by atoms with Crippen LogP contribution in [0, 0.1) is 0 Å². The Bertz CT molecular complexity index is 504. The van der Waals surface area contributed by atoms with E-state index in [1.807, 2.05) is 18.2 Å². The van der Waals surface area contributed by atoms with E-state index in [0.29, 0.717) is 85.6 Å². The number of hydrogen-bond donors (Lipinski definition) is 2. The number of aryl methyl sites for hydroxylation is 1. The topological polar surface area (TPSA) is 101 Å². The van der Waals surface area contributed by atoms with Gasteiger partial charge in [-0.05, 0) is 18.4 Å². The normalized spacial score (nSPS) is 11.0. The van der Waals surface area contributed by atoms with Crippen molar-refractivity contribution in [3.63, 3.8) is 0 Å². The number of benzene rings is 1. The standard InChI is InChI=1S/C22H38N2O6/c23-9-11-26-13-15-28-17-19-30-20-18-29-16-14-27-12-10-24-22(25)8-4-7-21-5-2-1-3-6-21/h1-3,5-6H,4,7-20,23H2,(H,24,25). The maximum Gasteiger partial charge on any atom is 0.220 e. The summed E-state index contributed by atoms with van der Waals surface area (Å²) in [4.78, 5) is 11.8. The molecule has 1 amide bonds. The van der Waals surface area contributed by atoms with Crippen LogP contribution in [0.15, 0.2) is 30.3 Å². The summed E-state index contributed by atoms with van der Waals surface area (Å²) in [7, 11) is 0. The van der Waals surface area contributed by atoms with E-state index in [4.69, 9.17) is 29.4 Å². The lowest BCUT2D eigenvalue weighted by Gasteiger charge is -2.08. The van der Waals surface area contributed by atoms with E-state index in [2.05, 4.69) is 17.4 Å². The minimum Gasteiger partial charge on any atom is -0.378 e. The van der Waals surface area contributed by atoms with Crippen LogP contribution in [0.25, 0.3) is 0 Å². The van der Waals surface area contributed by atoms with E-state index in [9.17, 15) is 4.79 Å². The lowest BCUT2D eigenvalue weighted by Crippen LogP contribution is -2.27. The zero-order valence-electron chi connectivity index (χ0n) is 18.0. The van der Waals surface area contributed by atoms with Crippen molar-refractivity contribution in [1.82, 2.24) is 5.32 Å². The molecular weight excluding hydrogens is 388 g/mol. The van der Waals surface area contributed by atoms with Crippen LogP contribution < -0.4 is 11.1 Å². The fourth-order valence-electron chi connectivity index (χ4n) is 2.51. The van der Waals surface area contributed by atoms with Crippen LogP contribution in [-0.4, -0.2) is 85.1 Å². The molecule has 0 unspecified atom stereocenters. The Morgan fingerprint density at radius 2 is 1.23 bits per heavy atom. The summed E-state index contributed by atoms with van der Waals surface area (Å²) in [6.07, 6.45) is 2.30. The Morgan fingerprint density at radius 1 is 0.733 bits per heavy atom. The average molecular weight is 427 g/mol. The van der Waals surface area contributed by atoms with Crippen LogP contribution in [0.4, 0.5) is 0 Å². The third kappa shape index (κ3) is 17.3. The van der Waals surface area contributed by atoms with Gasteiger partial charge in [0.1, 0.15) is 0 Å². The van der Waals surface area contributed by atoms with Gasteiger partial charge in [-0.3, -0.25) is 4.79 Å². The number of rotatable bonds is 21. The first-order valence-corrected chi connectivity index (χ1v) is 10.7. The number of nitrogens with two attached hydrogens (primary N) is 1. The van der Waals surface area contributed by atoms with Crippen molar-refractivity contribution in [2.75, 3.05) is 79.2 Å². The van der Waals surface area contributed by atoms with Gasteiger partial charge >= 0.3 is 0 Å². The zero-order valence-corrected chi connectivity index (χ0v) is 18.0. The molecule has 172 valence electrons. The summed E-state index contributed by atoms with van der Waals surface area (Å²) >= 11 is 0. The summed E-state index contributed by atoms with van der Waals surface area (Å²) in [6.45, 7) is 6.29. The Kier molecular flexibility index (Phi) is 18.3. The first-order valence-electron chi connectivity index (χ1n) is 10.7. The lowest BCUT2D eigenvalue weighted by atomic mass is 10.1. The van der Waals surface area contributed by atoms with Crippen LogP contribution in [0.2, 0.25) is 0 Å². The molecule has 1 aromatic rings. The van der Waals surface area contributed by atoms with Crippen molar-refractivity contribution >= 4 is 5.91 Å². The summed E-state index contributed by atoms with van der Waals surface area (Å²) in [5, 5.41) is 2.87. The molecule has 0 aliphatic heterocycles. The second-order valence-electron chi connectivity index (χ2n) is 6.54. The van der Waals surface area contributed by atoms with Crippen molar-refractivity contribution in [2.45, 2.75) is 19.3 Å². The molecule has 8 nitrogen and oxygen atoms in total. The van der Waals surface area contributed by atoms with Crippen molar-refractivity contribution < 1.29 is 28.5 Å². The molecule has 0 radical (unpaired) electrons. The average Bonchev–Trinajstić information content (AvgIpc) is 2.76. The highest BCUT2D eigenvalue weighted by molar-refractivity contribution is 5.75. The second kappa shape index (κ2) is 20.7. The number of carbonyl (C=O) groups is 1. The van der Waals surface area contributed by atoms with Crippen LogP contribution >= 0.6 is 0 Å². The van der Waals surface area contributed by atoms with Crippen LogP contribution in [0.3, 0.4) is 0 Å². The van der Waals surface area contributed by atoms with Crippen LogP contribution in [0.5, 0.6) is 0 Å². The minimum atomic E-state index is 0.0648. The van der Waals surface area contributed by atoms with Gasteiger partial charge in [0.15, 0.2) is 0 Å². The van der Waals surface area contributed by atoms with Crippen LogP contribution in [0.1, 0.15) is 18.4 Å². The first kappa shape index (κ1) is 26.5. The van der Waals surface area contributed by atoms with Gasteiger partial charge in [0, 0.05) is 19.5 Å². The minimum absolute atomic E-state index is 0.0648. The van der Waals surface area contributed by atoms with Crippen molar-refractivity contribution in [1.29, 1.82) is 0 Å². The molecule has 0 saturated heterocycles.